The Morgan fingerprint density at radius 2 is 0.908 bits per heavy atom. The van der Waals surface area contributed by atoms with Crippen molar-refractivity contribution in [3.8, 4) is 11.1 Å². The Balaban J connectivity index is 0.874. The number of likely N-dealkylation sites (N-methyl/N-ethyl adjacent to an activating group) is 1. The maximum Gasteiger partial charge on any atom is 0.251 e. The molecule has 0 aromatic heterocycles. The van der Waals surface area contributed by atoms with Crippen LogP contribution in [0.25, 0.3) is 11.1 Å². The molecule has 2 aliphatic heterocycles. The number of nitrogens with zero attached hydrogens (tertiary/aromatic N) is 4. The molecule has 19 nitrogen and oxygen atoms in total. The second kappa shape index (κ2) is 33.0. The number of carbonyl (C=O) groups excluding carboxylic acids is 8. The lowest BCUT2D eigenvalue weighted by Gasteiger charge is -2.42. The monoisotopic (exact) mass is 1190 g/mol. The van der Waals surface area contributed by atoms with E-state index in [0.29, 0.717) is 63.4 Å². The standard InChI is InChI=1S/C68H91N9O10/c1-47(2)63(80)72-61(53-21-13-7-14-22-53)67(84)76-37-39-86-45-57(76)43-74(35-33-49-17-9-5-10-18-49)59(78)41-70-65(82)55-29-25-51(26-30-55)52-27-31-56(32-28-52)66(83)71-42-60(79)75(36-34-50-19-11-6-12-20-50)44-58-46-87-40-38-77(58)68(85)62(54-23-15-8-16-24-54)73-64(81)48(3)69-4/h5-6,9-12,17-20,25-32,47-48,53-54,57-58,61-62,69H,7-8,13-16,21-24,33-46H2,1-4H3,(H,70,82)(H,71,83)(H,72,80)(H,73,81)/t48-,57+,58+,61-,62-/m0/s1. The van der Waals surface area contributed by atoms with Crippen LogP contribution in [0.3, 0.4) is 0 Å². The van der Waals surface area contributed by atoms with E-state index in [0.717, 1.165) is 86.5 Å². The van der Waals surface area contributed by atoms with Crippen LogP contribution >= 0.6 is 0 Å². The van der Waals surface area contributed by atoms with Crippen molar-refractivity contribution in [1.82, 2.24) is 46.2 Å². The Morgan fingerprint density at radius 3 is 1.29 bits per heavy atom. The molecule has 468 valence electrons. The highest BCUT2D eigenvalue weighted by atomic mass is 16.5. The first-order valence-corrected chi connectivity index (χ1v) is 31.6. The molecule has 8 rings (SSSR count). The highest BCUT2D eigenvalue weighted by Crippen LogP contribution is 2.31. The van der Waals surface area contributed by atoms with Crippen LogP contribution < -0.4 is 26.6 Å². The summed E-state index contributed by atoms with van der Waals surface area (Å²) in [5.74, 6) is -2.45. The van der Waals surface area contributed by atoms with E-state index >= 15 is 0 Å². The predicted octanol–water partition coefficient (Wildman–Crippen LogP) is 5.80. The molecule has 2 heterocycles. The van der Waals surface area contributed by atoms with Gasteiger partial charge in [0.15, 0.2) is 0 Å². The van der Waals surface area contributed by atoms with E-state index in [9.17, 15) is 38.4 Å². The van der Waals surface area contributed by atoms with E-state index in [1.165, 1.54) is 0 Å². The van der Waals surface area contributed by atoms with Crippen LogP contribution in [0, 0.1) is 17.8 Å². The summed E-state index contributed by atoms with van der Waals surface area (Å²) in [6, 6.07) is 30.7. The molecule has 0 radical (unpaired) electrons. The number of nitrogens with one attached hydrogen (secondary N) is 5. The fraction of sp³-hybridized carbons (Fsp3) is 0.529. The van der Waals surface area contributed by atoms with Crippen molar-refractivity contribution in [3.05, 3.63) is 131 Å². The first-order chi connectivity index (χ1) is 42.2. The number of benzene rings is 4. The number of hydrogen-bond donors (Lipinski definition) is 5. The lowest BCUT2D eigenvalue weighted by Crippen LogP contribution is -2.62. The minimum Gasteiger partial charge on any atom is -0.377 e. The van der Waals surface area contributed by atoms with Crippen LogP contribution in [-0.2, 0) is 51.1 Å². The van der Waals surface area contributed by atoms with Crippen molar-refractivity contribution in [1.29, 1.82) is 0 Å². The largest absolute Gasteiger partial charge is 0.377 e. The molecule has 4 aromatic carbocycles. The van der Waals surface area contributed by atoms with Crippen LogP contribution in [0.4, 0.5) is 0 Å². The summed E-state index contributed by atoms with van der Waals surface area (Å²) >= 11 is 0. The molecule has 5 atom stereocenters. The zero-order valence-corrected chi connectivity index (χ0v) is 51.4. The molecular weight excluding hydrogens is 1100 g/mol. The summed E-state index contributed by atoms with van der Waals surface area (Å²) < 4.78 is 11.9. The molecule has 4 aromatic rings. The van der Waals surface area contributed by atoms with Gasteiger partial charge in [-0.15, -0.1) is 0 Å². The lowest BCUT2D eigenvalue weighted by atomic mass is 9.83. The van der Waals surface area contributed by atoms with Crippen LogP contribution in [-0.4, -0.2) is 183 Å². The smallest absolute Gasteiger partial charge is 0.251 e. The first-order valence-electron chi connectivity index (χ1n) is 31.6. The summed E-state index contributed by atoms with van der Waals surface area (Å²) in [5.41, 5.74) is 4.33. The number of morpholine rings is 2. The molecule has 0 unspecified atom stereocenters. The van der Waals surface area contributed by atoms with Gasteiger partial charge in [-0.25, -0.2) is 0 Å². The van der Waals surface area contributed by atoms with Gasteiger partial charge in [0.1, 0.15) is 12.1 Å². The third kappa shape index (κ3) is 18.8. The van der Waals surface area contributed by atoms with Gasteiger partial charge in [0.2, 0.25) is 35.4 Å². The number of ether oxygens (including phenoxy) is 2. The zero-order valence-electron chi connectivity index (χ0n) is 51.4. The molecule has 19 heteroatoms. The number of amides is 8. The van der Waals surface area contributed by atoms with Gasteiger partial charge in [-0.05, 0) is 111 Å². The second-order valence-electron chi connectivity index (χ2n) is 24.1. The van der Waals surface area contributed by atoms with Crippen LogP contribution in [0.1, 0.15) is 117 Å². The Kier molecular flexibility index (Phi) is 24.9. The molecule has 2 saturated heterocycles. The summed E-state index contributed by atoms with van der Waals surface area (Å²) in [5, 5.41) is 14.8. The minimum absolute atomic E-state index is 0.00271. The van der Waals surface area contributed by atoms with Crippen molar-refractivity contribution in [2.45, 2.75) is 128 Å². The predicted molar refractivity (Wildman–Crippen MR) is 333 cm³/mol. The molecule has 2 saturated carbocycles. The van der Waals surface area contributed by atoms with Crippen LogP contribution in [0.2, 0.25) is 0 Å². The van der Waals surface area contributed by atoms with Gasteiger partial charge >= 0.3 is 0 Å². The topological polar surface area (TPSA) is 228 Å². The van der Waals surface area contributed by atoms with Crippen molar-refractivity contribution in [2.75, 3.05) is 85.8 Å². The average Bonchev–Trinajstić information content (AvgIpc) is 2.92. The third-order valence-corrected chi connectivity index (χ3v) is 17.8. The number of hydrogen-bond acceptors (Lipinski definition) is 11. The molecule has 4 fully saturated rings. The van der Waals surface area contributed by atoms with Crippen molar-refractivity contribution >= 4 is 47.3 Å². The highest BCUT2D eigenvalue weighted by molar-refractivity contribution is 5.98. The fourth-order valence-electron chi connectivity index (χ4n) is 12.3. The molecular formula is C68H91N9O10. The van der Waals surface area contributed by atoms with Gasteiger partial charge in [-0.1, -0.05) is 137 Å². The Bertz CT molecular complexity index is 2900. The summed E-state index contributed by atoms with van der Waals surface area (Å²) in [4.78, 5) is 118. The Morgan fingerprint density at radius 1 is 0.517 bits per heavy atom. The molecule has 0 spiro atoms. The molecule has 5 N–H and O–H groups in total. The Hall–Kier alpha value is -7.48. The van der Waals surface area contributed by atoms with E-state index in [4.69, 9.17) is 9.47 Å². The SMILES string of the molecule is CN[C@@H](C)C(=O)N[C@H](C(=O)N1CCOC[C@H]1CN(CCc1ccccc1)C(=O)CNC(=O)c1ccc(-c2ccc(C(=O)NCC(=O)N(CCc3ccccc3)C[C@@H]3COCCN3C(=O)[C@@H](NC(=O)C(C)C)C3CCCCC3)cc2)cc1)C1CCCCC1. The van der Waals surface area contributed by atoms with Crippen LogP contribution in [0.5, 0.6) is 0 Å². The quantitative estimate of drug-likeness (QED) is 0.0505. The van der Waals surface area contributed by atoms with Crippen molar-refractivity contribution < 1.29 is 47.8 Å². The second-order valence-corrected chi connectivity index (χ2v) is 24.1. The van der Waals surface area contributed by atoms with Crippen LogP contribution in [0.15, 0.2) is 109 Å². The first kappa shape index (κ1) is 65.5. The molecule has 87 heavy (non-hydrogen) atoms. The normalized spacial score (nSPS) is 18.6. The molecule has 2 aliphatic carbocycles. The number of rotatable bonds is 26. The van der Waals surface area contributed by atoms with E-state index in [2.05, 4.69) is 26.6 Å². The Labute approximate surface area is 513 Å². The summed E-state index contributed by atoms with van der Waals surface area (Å²) in [6.07, 6.45) is 10.7. The fourth-order valence-corrected chi connectivity index (χ4v) is 12.3. The van der Waals surface area contributed by atoms with E-state index in [1.807, 2.05) is 74.5 Å². The van der Waals surface area contributed by atoms with Crippen molar-refractivity contribution in [2.24, 2.45) is 17.8 Å². The molecule has 8 amide bonds. The zero-order chi connectivity index (χ0) is 61.7. The van der Waals surface area contributed by atoms with Gasteiger partial charge in [0.05, 0.1) is 57.6 Å². The maximum absolute atomic E-state index is 14.6. The van der Waals surface area contributed by atoms with E-state index < -0.39 is 42.0 Å². The molecule has 0 bridgehead atoms. The lowest BCUT2D eigenvalue weighted by molar-refractivity contribution is -0.148. The van der Waals surface area contributed by atoms with E-state index in [-0.39, 0.29) is 92.6 Å². The maximum atomic E-state index is 14.6. The van der Waals surface area contributed by atoms with Gasteiger partial charge in [0, 0.05) is 56.3 Å². The highest BCUT2D eigenvalue weighted by Gasteiger charge is 2.41. The average molecular weight is 1190 g/mol. The summed E-state index contributed by atoms with van der Waals surface area (Å²) in [6.45, 7) is 7.69. The van der Waals surface area contributed by atoms with Gasteiger partial charge in [-0.3, -0.25) is 38.4 Å². The van der Waals surface area contributed by atoms with Gasteiger partial charge in [-0.2, -0.15) is 0 Å². The minimum atomic E-state index is -0.697. The third-order valence-electron chi connectivity index (χ3n) is 17.8. The van der Waals surface area contributed by atoms with Gasteiger partial charge < -0.3 is 55.7 Å². The van der Waals surface area contributed by atoms with Gasteiger partial charge in [0.25, 0.3) is 11.8 Å². The summed E-state index contributed by atoms with van der Waals surface area (Å²) in [7, 11) is 1.71. The van der Waals surface area contributed by atoms with Crippen molar-refractivity contribution in [3.63, 3.8) is 0 Å². The number of carbonyl (C=O) groups is 8. The van der Waals surface area contributed by atoms with E-state index in [1.54, 1.807) is 82.1 Å². The molecule has 4 aliphatic rings.